The van der Waals surface area contributed by atoms with Crippen LogP contribution in [0.15, 0.2) is 47.8 Å². The fraction of sp³-hybridized carbons (Fsp3) is 0.353. The lowest BCUT2D eigenvalue weighted by Crippen LogP contribution is -2.35. The lowest BCUT2D eigenvalue weighted by molar-refractivity contribution is -0.137. The van der Waals surface area contributed by atoms with Crippen molar-refractivity contribution in [2.24, 2.45) is 0 Å². The standard InChI is InChI=1S/C17H19NO2S/c19-17(13-20-12-14-5-2-1-3-6-14)18(15-8-9-15)11-16-7-4-10-21-16/h1-7,10,15H,8-9,11-13H2. The van der Waals surface area contributed by atoms with Crippen LogP contribution in [0.1, 0.15) is 23.3 Å². The van der Waals surface area contributed by atoms with Gasteiger partial charge in [0.1, 0.15) is 6.61 Å². The summed E-state index contributed by atoms with van der Waals surface area (Å²) in [7, 11) is 0. The lowest BCUT2D eigenvalue weighted by atomic mass is 10.2. The molecule has 0 atom stereocenters. The van der Waals surface area contributed by atoms with E-state index in [1.807, 2.05) is 41.3 Å². The van der Waals surface area contributed by atoms with Gasteiger partial charge in [0.25, 0.3) is 0 Å². The Morgan fingerprint density at radius 3 is 2.67 bits per heavy atom. The summed E-state index contributed by atoms with van der Waals surface area (Å²) in [5.74, 6) is 0.0989. The Bertz CT molecular complexity index is 564. The van der Waals surface area contributed by atoms with E-state index in [4.69, 9.17) is 4.74 Å². The predicted octanol–water partition coefficient (Wildman–Crippen LogP) is 3.46. The highest BCUT2D eigenvalue weighted by molar-refractivity contribution is 7.09. The molecule has 0 unspecified atom stereocenters. The van der Waals surface area contributed by atoms with Gasteiger partial charge in [-0.25, -0.2) is 0 Å². The van der Waals surface area contributed by atoms with Crippen molar-refractivity contribution in [3.63, 3.8) is 0 Å². The van der Waals surface area contributed by atoms with E-state index in [1.165, 1.54) is 4.88 Å². The number of carbonyl (C=O) groups is 1. The van der Waals surface area contributed by atoms with E-state index in [0.717, 1.165) is 24.9 Å². The molecule has 2 aromatic rings. The Balaban J connectivity index is 1.50. The third kappa shape index (κ3) is 4.16. The highest BCUT2D eigenvalue weighted by atomic mass is 32.1. The quantitative estimate of drug-likeness (QED) is 0.784. The van der Waals surface area contributed by atoms with Crippen molar-refractivity contribution in [3.05, 3.63) is 58.3 Å². The fourth-order valence-electron chi connectivity index (χ4n) is 2.29. The molecule has 1 aromatic heterocycles. The van der Waals surface area contributed by atoms with Gasteiger partial charge in [0.05, 0.1) is 13.2 Å². The minimum absolute atomic E-state index is 0.0989. The first-order valence-electron chi connectivity index (χ1n) is 7.26. The van der Waals surface area contributed by atoms with Gasteiger partial charge in [-0.1, -0.05) is 36.4 Å². The predicted molar refractivity (Wildman–Crippen MR) is 84.0 cm³/mol. The third-order valence-electron chi connectivity index (χ3n) is 3.55. The van der Waals surface area contributed by atoms with Gasteiger partial charge in [0.15, 0.2) is 0 Å². The largest absolute Gasteiger partial charge is 0.367 e. The molecule has 1 aliphatic rings. The summed E-state index contributed by atoms with van der Waals surface area (Å²) in [6.45, 7) is 1.37. The van der Waals surface area contributed by atoms with E-state index in [1.54, 1.807) is 11.3 Å². The monoisotopic (exact) mass is 301 g/mol. The maximum absolute atomic E-state index is 12.3. The summed E-state index contributed by atoms with van der Waals surface area (Å²) in [5.41, 5.74) is 1.10. The second-order valence-electron chi connectivity index (χ2n) is 5.31. The summed E-state index contributed by atoms with van der Waals surface area (Å²) < 4.78 is 5.57. The second-order valence-corrected chi connectivity index (χ2v) is 6.34. The number of benzene rings is 1. The molecule has 0 bridgehead atoms. The number of carbonyl (C=O) groups excluding carboxylic acids is 1. The molecule has 1 fully saturated rings. The molecule has 0 spiro atoms. The van der Waals surface area contributed by atoms with E-state index >= 15 is 0 Å². The molecule has 4 heteroatoms. The number of hydrogen-bond donors (Lipinski definition) is 0. The zero-order valence-electron chi connectivity index (χ0n) is 11.9. The van der Waals surface area contributed by atoms with E-state index in [-0.39, 0.29) is 12.5 Å². The van der Waals surface area contributed by atoms with Gasteiger partial charge >= 0.3 is 0 Å². The maximum atomic E-state index is 12.3. The van der Waals surface area contributed by atoms with E-state index < -0.39 is 0 Å². The number of thiophene rings is 1. The van der Waals surface area contributed by atoms with E-state index in [0.29, 0.717) is 12.6 Å². The van der Waals surface area contributed by atoms with Gasteiger partial charge in [-0.15, -0.1) is 11.3 Å². The molecular formula is C17H19NO2S. The molecule has 0 aliphatic heterocycles. The molecule has 21 heavy (non-hydrogen) atoms. The third-order valence-corrected chi connectivity index (χ3v) is 4.41. The number of amides is 1. The second kappa shape index (κ2) is 6.87. The van der Waals surface area contributed by atoms with Crippen LogP contribution in [0.2, 0.25) is 0 Å². The van der Waals surface area contributed by atoms with Gasteiger partial charge in [0.2, 0.25) is 5.91 Å². The molecular weight excluding hydrogens is 282 g/mol. The fourth-order valence-corrected chi connectivity index (χ4v) is 2.99. The molecule has 110 valence electrons. The number of hydrogen-bond acceptors (Lipinski definition) is 3. The molecule has 3 rings (SSSR count). The Hall–Kier alpha value is -1.65. The molecule has 0 saturated heterocycles. The Morgan fingerprint density at radius 2 is 2.00 bits per heavy atom. The van der Waals surface area contributed by atoms with Crippen molar-refractivity contribution in [2.75, 3.05) is 6.61 Å². The van der Waals surface area contributed by atoms with Crippen LogP contribution in [0.25, 0.3) is 0 Å². The average Bonchev–Trinajstić information content (AvgIpc) is 3.22. The zero-order chi connectivity index (χ0) is 14.5. The topological polar surface area (TPSA) is 29.5 Å². The number of ether oxygens (including phenoxy) is 1. The molecule has 1 aromatic carbocycles. The average molecular weight is 301 g/mol. The zero-order valence-corrected chi connectivity index (χ0v) is 12.7. The number of nitrogens with zero attached hydrogens (tertiary/aromatic N) is 1. The maximum Gasteiger partial charge on any atom is 0.249 e. The van der Waals surface area contributed by atoms with Gasteiger partial charge in [-0.05, 0) is 29.9 Å². The Morgan fingerprint density at radius 1 is 1.19 bits per heavy atom. The van der Waals surface area contributed by atoms with Crippen molar-refractivity contribution in [3.8, 4) is 0 Å². The SMILES string of the molecule is O=C(COCc1ccccc1)N(Cc1cccs1)C1CC1. The summed E-state index contributed by atoms with van der Waals surface area (Å²) >= 11 is 1.70. The minimum Gasteiger partial charge on any atom is -0.367 e. The van der Waals surface area contributed by atoms with Gasteiger partial charge < -0.3 is 9.64 Å². The van der Waals surface area contributed by atoms with Crippen molar-refractivity contribution in [2.45, 2.75) is 32.0 Å². The molecule has 0 N–H and O–H groups in total. The first kappa shape index (κ1) is 14.3. The number of rotatable bonds is 7. The Kier molecular flexibility index (Phi) is 4.68. The van der Waals surface area contributed by atoms with Crippen molar-refractivity contribution in [1.29, 1.82) is 0 Å². The molecule has 3 nitrogen and oxygen atoms in total. The summed E-state index contributed by atoms with van der Waals surface area (Å²) in [6, 6.07) is 14.5. The molecule has 1 amide bonds. The van der Waals surface area contributed by atoms with Crippen LogP contribution >= 0.6 is 11.3 Å². The van der Waals surface area contributed by atoms with Crippen LogP contribution in [-0.4, -0.2) is 23.5 Å². The van der Waals surface area contributed by atoms with Crippen LogP contribution < -0.4 is 0 Å². The summed E-state index contributed by atoms with van der Waals surface area (Å²) in [6.07, 6.45) is 2.24. The molecule has 0 radical (unpaired) electrons. The lowest BCUT2D eigenvalue weighted by Gasteiger charge is -2.21. The van der Waals surface area contributed by atoms with E-state index in [2.05, 4.69) is 11.4 Å². The van der Waals surface area contributed by atoms with Gasteiger partial charge in [-0.2, -0.15) is 0 Å². The normalized spacial score (nSPS) is 14.1. The molecule has 1 heterocycles. The van der Waals surface area contributed by atoms with Crippen LogP contribution in [0, 0.1) is 0 Å². The minimum atomic E-state index is 0.0989. The first-order chi connectivity index (χ1) is 10.3. The van der Waals surface area contributed by atoms with Gasteiger partial charge in [0, 0.05) is 10.9 Å². The molecule has 1 saturated carbocycles. The van der Waals surface area contributed by atoms with Crippen molar-refractivity contribution >= 4 is 17.2 Å². The first-order valence-corrected chi connectivity index (χ1v) is 8.14. The highest BCUT2D eigenvalue weighted by Gasteiger charge is 2.32. The van der Waals surface area contributed by atoms with Crippen LogP contribution in [0.5, 0.6) is 0 Å². The smallest absolute Gasteiger partial charge is 0.249 e. The molecule has 1 aliphatic carbocycles. The summed E-state index contributed by atoms with van der Waals surface area (Å²) in [5, 5.41) is 2.05. The summed E-state index contributed by atoms with van der Waals surface area (Å²) in [4.78, 5) is 15.6. The van der Waals surface area contributed by atoms with Crippen molar-refractivity contribution < 1.29 is 9.53 Å². The van der Waals surface area contributed by atoms with Crippen LogP contribution in [0.3, 0.4) is 0 Å². The van der Waals surface area contributed by atoms with Crippen molar-refractivity contribution in [1.82, 2.24) is 4.90 Å². The van der Waals surface area contributed by atoms with Crippen LogP contribution in [-0.2, 0) is 22.7 Å². The van der Waals surface area contributed by atoms with E-state index in [9.17, 15) is 4.79 Å². The van der Waals surface area contributed by atoms with Gasteiger partial charge in [-0.3, -0.25) is 4.79 Å². The van der Waals surface area contributed by atoms with Crippen LogP contribution in [0.4, 0.5) is 0 Å². The highest BCUT2D eigenvalue weighted by Crippen LogP contribution is 2.29. The Labute approximate surface area is 129 Å².